The lowest BCUT2D eigenvalue weighted by Crippen LogP contribution is -2.51. The molecule has 2 fully saturated rings. The van der Waals surface area contributed by atoms with Crippen LogP contribution >= 0.6 is 0 Å². The van der Waals surface area contributed by atoms with Crippen LogP contribution in [0.5, 0.6) is 0 Å². The van der Waals surface area contributed by atoms with E-state index in [2.05, 4.69) is 17.1 Å². The van der Waals surface area contributed by atoms with Crippen molar-refractivity contribution in [3.63, 3.8) is 0 Å². The Kier molecular flexibility index (Phi) is 5.68. The third kappa shape index (κ3) is 4.48. The van der Waals surface area contributed by atoms with Crippen molar-refractivity contribution in [2.75, 3.05) is 19.6 Å². The highest BCUT2D eigenvalue weighted by molar-refractivity contribution is 5.73. The number of amides is 1. The minimum absolute atomic E-state index is 0.247. The van der Waals surface area contributed by atoms with E-state index in [9.17, 15) is 4.79 Å². The Bertz CT molecular complexity index is 288. The van der Waals surface area contributed by atoms with Gasteiger partial charge >= 0.3 is 0 Å². The number of carbonyl (C=O) groups excluding carboxylic acids is 1. The number of nitrogens with one attached hydrogen (secondary N) is 1. The van der Waals surface area contributed by atoms with Crippen molar-refractivity contribution in [2.45, 2.75) is 64.8 Å². The molecule has 0 spiro atoms. The van der Waals surface area contributed by atoms with Gasteiger partial charge in [-0.2, -0.15) is 0 Å². The van der Waals surface area contributed by atoms with E-state index in [1.807, 2.05) is 0 Å². The van der Waals surface area contributed by atoms with E-state index in [0.717, 1.165) is 25.6 Å². The van der Waals surface area contributed by atoms with Gasteiger partial charge in [-0.05, 0) is 44.1 Å². The van der Waals surface area contributed by atoms with Crippen LogP contribution in [0.4, 0.5) is 0 Å². The quantitative estimate of drug-likeness (QED) is 0.802. The van der Waals surface area contributed by atoms with Gasteiger partial charge < -0.3 is 10.2 Å². The molecule has 0 aromatic carbocycles. The molecule has 1 aliphatic heterocycles. The van der Waals surface area contributed by atoms with Crippen molar-refractivity contribution in [3.8, 4) is 0 Å². The SMILES string of the molecule is CCCCC1CC(NCC2CCC2)CN(C(C)=O)C1. The third-order valence-electron chi connectivity index (χ3n) is 4.87. The Morgan fingerprint density at radius 1 is 1.26 bits per heavy atom. The van der Waals surface area contributed by atoms with Crippen molar-refractivity contribution in [2.24, 2.45) is 11.8 Å². The number of unbranched alkanes of at least 4 members (excludes halogenated alkanes) is 1. The van der Waals surface area contributed by atoms with Crippen molar-refractivity contribution in [3.05, 3.63) is 0 Å². The van der Waals surface area contributed by atoms with Gasteiger partial charge in [-0.1, -0.05) is 26.2 Å². The lowest BCUT2D eigenvalue weighted by atomic mass is 9.84. The van der Waals surface area contributed by atoms with Crippen LogP contribution in [0.25, 0.3) is 0 Å². The summed E-state index contributed by atoms with van der Waals surface area (Å²) in [6.07, 6.45) is 9.31. The molecule has 0 bridgehead atoms. The van der Waals surface area contributed by atoms with Crippen molar-refractivity contribution < 1.29 is 4.79 Å². The van der Waals surface area contributed by atoms with Gasteiger partial charge in [0.1, 0.15) is 0 Å². The number of likely N-dealkylation sites (tertiary alicyclic amines) is 1. The fraction of sp³-hybridized carbons (Fsp3) is 0.938. The Morgan fingerprint density at radius 2 is 2.05 bits per heavy atom. The standard InChI is InChI=1S/C16H30N2O/c1-3-4-6-15-9-16(12-18(11-15)13(2)19)17-10-14-7-5-8-14/h14-17H,3-12H2,1-2H3. The van der Waals surface area contributed by atoms with Gasteiger partial charge in [0.15, 0.2) is 0 Å². The number of nitrogens with zero attached hydrogens (tertiary/aromatic N) is 1. The predicted octanol–water partition coefficient (Wildman–Crippen LogP) is 2.80. The second-order valence-corrected chi connectivity index (χ2v) is 6.57. The molecule has 1 amide bonds. The molecule has 1 N–H and O–H groups in total. The summed E-state index contributed by atoms with van der Waals surface area (Å²) in [6, 6.07) is 0.528. The zero-order valence-corrected chi connectivity index (χ0v) is 12.7. The number of carbonyl (C=O) groups is 1. The first-order valence-electron chi connectivity index (χ1n) is 8.18. The Labute approximate surface area is 118 Å². The van der Waals surface area contributed by atoms with Crippen LogP contribution < -0.4 is 5.32 Å². The summed E-state index contributed by atoms with van der Waals surface area (Å²) in [5, 5.41) is 3.72. The first-order chi connectivity index (χ1) is 9.19. The van der Waals surface area contributed by atoms with Crippen LogP contribution in [0.15, 0.2) is 0 Å². The first kappa shape index (κ1) is 14.8. The molecule has 2 aliphatic rings. The molecule has 2 atom stereocenters. The van der Waals surface area contributed by atoms with Gasteiger partial charge in [-0.3, -0.25) is 4.79 Å². The minimum atomic E-state index is 0.247. The summed E-state index contributed by atoms with van der Waals surface area (Å²) >= 11 is 0. The van der Waals surface area contributed by atoms with E-state index >= 15 is 0 Å². The molecule has 1 saturated carbocycles. The Hall–Kier alpha value is -0.570. The van der Waals surface area contributed by atoms with Crippen molar-refractivity contribution in [1.82, 2.24) is 10.2 Å². The fourth-order valence-electron chi connectivity index (χ4n) is 3.34. The van der Waals surface area contributed by atoms with E-state index in [-0.39, 0.29) is 5.91 Å². The number of hydrogen-bond donors (Lipinski definition) is 1. The van der Waals surface area contributed by atoms with Crippen molar-refractivity contribution >= 4 is 5.91 Å². The van der Waals surface area contributed by atoms with Gasteiger partial charge in [0.05, 0.1) is 0 Å². The Balaban J connectivity index is 1.80. The first-order valence-corrected chi connectivity index (χ1v) is 8.18. The Morgan fingerprint density at radius 3 is 2.63 bits per heavy atom. The van der Waals surface area contributed by atoms with Gasteiger partial charge in [0, 0.05) is 26.1 Å². The number of hydrogen-bond acceptors (Lipinski definition) is 2. The lowest BCUT2D eigenvalue weighted by Gasteiger charge is -2.39. The number of rotatable bonds is 6. The number of piperidine rings is 1. The average molecular weight is 266 g/mol. The molecule has 0 aromatic rings. The second kappa shape index (κ2) is 7.28. The second-order valence-electron chi connectivity index (χ2n) is 6.57. The largest absolute Gasteiger partial charge is 0.341 e. The molecule has 19 heavy (non-hydrogen) atoms. The normalized spacial score (nSPS) is 28.2. The summed E-state index contributed by atoms with van der Waals surface area (Å²) in [4.78, 5) is 13.7. The van der Waals surface area contributed by atoms with Crippen molar-refractivity contribution in [1.29, 1.82) is 0 Å². The van der Waals surface area contributed by atoms with Gasteiger partial charge in [-0.25, -0.2) is 0 Å². The van der Waals surface area contributed by atoms with Crippen LogP contribution in [0.2, 0.25) is 0 Å². The molecule has 2 rings (SSSR count). The molecule has 1 aliphatic carbocycles. The van der Waals surface area contributed by atoms with Gasteiger partial charge in [-0.15, -0.1) is 0 Å². The molecule has 0 aromatic heterocycles. The van der Waals surface area contributed by atoms with Crippen LogP contribution in [-0.2, 0) is 4.79 Å². The zero-order chi connectivity index (χ0) is 13.7. The van der Waals surface area contributed by atoms with E-state index in [4.69, 9.17) is 0 Å². The summed E-state index contributed by atoms with van der Waals surface area (Å²) in [6.45, 7) is 7.03. The monoisotopic (exact) mass is 266 g/mol. The zero-order valence-electron chi connectivity index (χ0n) is 12.7. The van der Waals surface area contributed by atoms with Crippen LogP contribution in [0.3, 0.4) is 0 Å². The van der Waals surface area contributed by atoms with E-state index < -0.39 is 0 Å². The molecular weight excluding hydrogens is 236 g/mol. The molecular formula is C16H30N2O. The van der Waals surface area contributed by atoms with E-state index in [1.165, 1.54) is 44.9 Å². The van der Waals surface area contributed by atoms with Gasteiger partial charge in [0.2, 0.25) is 5.91 Å². The molecule has 3 heteroatoms. The molecule has 3 nitrogen and oxygen atoms in total. The maximum Gasteiger partial charge on any atom is 0.219 e. The topological polar surface area (TPSA) is 32.3 Å². The molecule has 1 heterocycles. The summed E-state index contributed by atoms with van der Waals surface area (Å²) < 4.78 is 0. The highest BCUT2D eigenvalue weighted by atomic mass is 16.2. The van der Waals surface area contributed by atoms with Crippen LogP contribution in [0, 0.1) is 11.8 Å². The summed E-state index contributed by atoms with van der Waals surface area (Å²) in [5.41, 5.74) is 0. The average Bonchev–Trinajstić information content (AvgIpc) is 2.34. The van der Waals surface area contributed by atoms with Crippen LogP contribution in [-0.4, -0.2) is 36.5 Å². The third-order valence-corrected chi connectivity index (χ3v) is 4.87. The van der Waals surface area contributed by atoms with E-state index in [0.29, 0.717) is 12.0 Å². The molecule has 1 saturated heterocycles. The summed E-state index contributed by atoms with van der Waals surface area (Å²) in [5.74, 6) is 1.86. The fourth-order valence-corrected chi connectivity index (χ4v) is 3.34. The highest BCUT2D eigenvalue weighted by Gasteiger charge is 2.29. The van der Waals surface area contributed by atoms with Gasteiger partial charge in [0.25, 0.3) is 0 Å². The molecule has 2 unspecified atom stereocenters. The molecule has 110 valence electrons. The highest BCUT2D eigenvalue weighted by Crippen LogP contribution is 2.27. The lowest BCUT2D eigenvalue weighted by molar-refractivity contribution is -0.131. The smallest absolute Gasteiger partial charge is 0.219 e. The minimum Gasteiger partial charge on any atom is -0.341 e. The molecule has 0 radical (unpaired) electrons. The maximum atomic E-state index is 11.7. The van der Waals surface area contributed by atoms with E-state index in [1.54, 1.807) is 6.92 Å². The summed E-state index contributed by atoms with van der Waals surface area (Å²) in [7, 11) is 0. The van der Waals surface area contributed by atoms with Crippen LogP contribution in [0.1, 0.15) is 58.8 Å². The maximum absolute atomic E-state index is 11.7. The predicted molar refractivity (Wildman–Crippen MR) is 79.0 cm³/mol.